The molecule has 0 saturated carbocycles. The van der Waals surface area contributed by atoms with Crippen LogP contribution < -0.4 is 15.5 Å². The van der Waals surface area contributed by atoms with E-state index in [0.29, 0.717) is 0 Å². The van der Waals surface area contributed by atoms with Crippen molar-refractivity contribution in [3.05, 3.63) is 60.2 Å². The molecular formula is C20H25N3O2. The number of nitrogens with one attached hydrogen (secondary N) is 2. The molecule has 25 heavy (non-hydrogen) atoms. The van der Waals surface area contributed by atoms with Gasteiger partial charge in [-0.1, -0.05) is 43.7 Å². The van der Waals surface area contributed by atoms with E-state index in [1.54, 1.807) is 7.11 Å². The number of anilines is 1. The summed E-state index contributed by atoms with van der Waals surface area (Å²) < 4.78 is 5.11. The molecule has 0 fully saturated rings. The topological polar surface area (TPSA) is 62.7 Å². The lowest BCUT2D eigenvalue weighted by Gasteiger charge is -2.09. The van der Waals surface area contributed by atoms with Crippen LogP contribution in [0.25, 0.3) is 0 Å². The third-order valence-electron chi connectivity index (χ3n) is 3.73. The Hall–Kier alpha value is -2.82. The van der Waals surface area contributed by atoms with Gasteiger partial charge in [-0.2, -0.15) is 5.10 Å². The Bertz CT molecular complexity index is 682. The van der Waals surface area contributed by atoms with E-state index >= 15 is 0 Å². The number of benzene rings is 2. The van der Waals surface area contributed by atoms with Gasteiger partial charge in [-0.15, -0.1) is 0 Å². The van der Waals surface area contributed by atoms with Gasteiger partial charge in [-0.05, 0) is 42.7 Å². The number of hydrazone groups is 1. The lowest BCUT2D eigenvalue weighted by atomic mass is 10.1. The molecule has 2 aromatic carbocycles. The van der Waals surface area contributed by atoms with Crippen LogP contribution in [0, 0.1) is 0 Å². The average molecular weight is 339 g/mol. The normalized spacial score (nSPS) is 11.0. The first-order chi connectivity index (χ1) is 12.2. The van der Waals surface area contributed by atoms with Crippen LogP contribution >= 0.6 is 0 Å². The molecule has 0 atom stereocenters. The summed E-state index contributed by atoms with van der Waals surface area (Å²) in [5, 5.41) is 7.39. The Kier molecular flexibility index (Phi) is 7.50. The van der Waals surface area contributed by atoms with Crippen molar-refractivity contribution in [1.29, 1.82) is 0 Å². The van der Waals surface area contributed by atoms with E-state index in [2.05, 4.69) is 22.8 Å². The molecule has 0 unspecified atom stereocenters. The third-order valence-corrected chi connectivity index (χ3v) is 3.73. The van der Waals surface area contributed by atoms with Crippen molar-refractivity contribution in [2.75, 3.05) is 19.0 Å². The Balaban J connectivity index is 1.91. The molecular weight excluding hydrogens is 314 g/mol. The monoisotopic (exact) mass is 339 g/mol. The summed E-state index contributed by atoms with van der Waals surface area (Å²) in [6, 6.07) is 17.4. The van der Waals surface area contributed by atoms with Gasteiger partial charge < -0.3 is 10.1 Å². The van der Waals surface area contributed by atoms with Gasteiger partial charge in [0.2, 0.25) is 0 Å². The SMILES string of the molecule is CCCC/C(=N\NC(=O)CNc1ccc(OC)cc1)c1ccccc1. The van der Waals surface area contributed by atoms with Gasteiger partial charge in [0.05, 0.1) is 19.4 Å². The number of amides is 1. The van der Waals surface area contributed by atoms with Gasteiger partial charge in [-0.3, -0.25) is 4.79 Å². The fourth-order valence-corrected chi connectivity index (χ4v) is 2.30. The first-order valence-corrected chi connectivity index (χ1v) is 8.51. The number of nitrogens with zero attached hydrogens (tertiary/aromatic N) is 1. The zero-order valence-corrected chi connectivity index (χ0v) is 14.8. The predicted molar refractivity (Wildman–Crippen MR) is 102 cm³/mol. The quantitative estimate of drug-likeness (QED) is 0.539. The van der Waals surface area contributed by atoms with Crippen molar-refractivity contribution < 1.29 is 9.53 Å². The summed E-state index contributed by atoms with van der Waals surface area (Å²) in [6.07, 6.45) is 2.96. The molecule has 0 aromatic heterocycles. The molecule has 0 saturated heterocycles. The first-order valence-electron chi connectivity index (χ1n) is 8.51. The summed E-state index contributed by atoms with van der Waals surface area (Å²) in [4.78, 5) is 12.0. The van der Waals surface area contributed by atoms with Crippen LogP contribution in [0.15, 0.2) is 59.7 Å². The van der Waals surface area contributed by atoms with E-state index in [1.165, 1.54) is 0 Å². The van der Waals surface area contributed by atoms with Gasteiger partial charge in [-0.25, -0.2) is 5.43 Å². The number of unbranched alkanes of at least 4 members (excludes halogenated alkanes) is 1. The number of carbonyl (C=O) groups excluding carboxylic acids is 1. The number of carbonyl (C=O) groups is 1. The van der Waals surface area contributed by atoms with Gasteiger partial charge in [0.1, 0.15) is 5.75 Å². The molecule has 0 spiro atoms. The van der Waals surface area contributed by atoms with Gasteiger partial charge >= 0.3 is 0 Å². The number of hydrogen-bond donors (Lipinski definition) is 2. The number of ether oxygens (including phenoxy) is 1. The minimum Gasteiger partial charge on any atom is -0.497 e. The van der Waals surface area contributed by atoms with Crippen LogP contribution in [0.5, 0.6) is 5.75 Å². The standard InChI is InChI=1S/C20H25N3O2/c1-3-4-10-19(16-8-6-5-7-9-16)22-23-20(24)15-21-17-11-13-18(25-2)14-12-17/h5-9,11-14,21H,3-4,10,15H2,1-2H3,(H,23,24)/b22-19+. The van der Waals surface area contributed by atoms with Gasteiger partial charge in [0.25, 0.3) is 5.91 Å². The third kappa shape index (κ3) is 6.30. The summed E-state index contributed by atoms with van der Waals surface area (Å²) in [6.45, 7) is 2.30. The number of hydrogen-bond acceptors (Lipinski definition) is 4. The maximum absolute atomic E-state index is 12.0. The molecule has 0 bridgehead atoms. The number of methoxy groups -OCH3 is 1. The molecule has 0 aliphatic heterocycles. The fourth-order valence-electron chi connectivity index (χ4n) is 2.30. The second-order valence-corrected chi connectivity index (χ2v) is 5.65. The Labute approximate surface area is 149 Å². The molecule has 2 aromatic rings. The van der Waals surface area contributed by atoms with Crippen molar-refractivity contribution in [3.63, 3.8) is 0 Å². The van der Waals surface area contributed by atoms with Gasteiger partial charge in [0, 0.05) is 5.69 Å². The summed E-state index contributed by atoms with van der Waals surface area (Å²) >= 11 is 0. The van der Waals surface area contributed by atoms with Crippen LogP contribution in [0.1, 0.15) is 31.7 Å². The molecule has 5 heteroatoms. The molecule has 0 heterocycles. The summed E-state index contributed by atoms with van der Waals surface area (Å²) in [7, 11) is 1.62. The Morgan fingerprint density at radius 3 is 2.44 bits per heavy atom. The highest BCUT2D eigenvalue weighted by Crippen LogP contribution is 2.14. The molecule has 5 nitrogen and oxygen atoms in total. The second-order valence-electron chi connectivity index (χ2n) is 5.65. The zero-order valence-electron chi connectivity index (χ0n) is 14.8. The molecule has 0 radical (unpaired) electrons. The minimum absolute atomic E-state index is 0.158. The molecule has 1 amide bonds. The fraction of sp³-hybridized carbons (Fsp3) is 0.300. The van der Waals surface area contributed by atoms with Crippen LogP contribution in [0.4, 0.5) is 5.69 Å². The minimum atomic E-state index is -0.180. The summed E-state index contributed by atoms with van der Waals surface area (Å²) in [5.74, 6) is 0.601. The Morgan fingerprint density at radius 2 is 1.80 bits per heavy atom. The predicted octanol–water partition coefficient (Wildman–Crippen LogP) is 3.82. The van der Waals surface area contributed by atoms with Crippen molar-refractivity contribution in [2.45, 2.75) is 26.2 Å². The molecule has 0 aliphatic rings. The maximum Gasteiger partial charge on any atom is 0.259 e. The maximum atomic E-state index is 12.0. The van der Waals surface area contributed by atoms with Crippen molar-refractivity contribution >= 4 is 17.3 Å². The highest BCUT2D eigenvalue weighted by atomic mass is 16.5. The largest absolute Gasteiger partial charge is 0.497 e. The zero-order chi connectivity index (χ0) is 17.9. The molecule has 0 aliphatic carbocycles. The molecule has 132 valence electrons. The lowest BCUT2D eigenvalue weighted by Crippen LogP contribution is -2.27. The second kappa shape index (κ2) is 10.1. The summed E-state index contributed by atoms with van der Waals surface area (Å²) in [5.41, 5.74) is 5.44. The van der Waals surface area contributed by atoms with E-state index < -0.39 is 0 Å². The van der Waals surface area contributed by atoms with Gasteiger partial charge in [0.15, 0.2) is 0 Å². The van der Waals surface area contributed by atoms with E-state index in [9.17, 15) is 4.79 Å². The van der Waals surface area contributed by atoms with E-state index in [0.717, 1.165) is 42.0 Å². The van der Waals surface area contributed by atoms with Crippen LogP contribution in [-0.4, -0.2) is 25.3 Å². The van der Waals surface area contributed by atoms with E-state index in [1.807, 2.05) is 54.6 Å². The highest BCUT2D eigenvalue weighted by Gasteiger charge is 2.05. The van der Waals surface area contributed by atoms with E-state index in [-0.39, 0.29) is 12.5 Å². The molecule has 2 N–H and O–H groups in total. The molecule has 2 rings (SSSR count). The van der Waals surface area contributed by atoms with Crippen LogP contribution in [-0.2, 0) is 4.79 Å². The van der Waals surface area contributed by atoms with Crippen LogP contribution in [0.3, 0.4) is 0 Å². The average Bonchev–Trinajstić information content (AvgIpc) is 2.67. The van der Waals surface area contributed by atoms with Crippen molar-refractivity contribution in [3.8, 4) is 5.75 Å². The van der Waals surface area contributed by atoms with E-state index in [4.69, 9.17) is 4.74 Å². The Morgan fingerprint density at radius 1 is 1.08 bits per heavy atom. The van der Waals surface area contributed by atoms with Crippen LogP contribution in [0.2, 0.25) is 0 Å². The smallest absolute Gasteiger partial charge is 0.259 e. The first kappa shape index (κ1) is 18.5. The van der Waals surface area contributed by atoms with Crippen molar-refractivity contribution in [1.82, 2.24) is 5.43 Å². The lowest BCUT2D eigenvalue weighted by molar-refractivity contribution is -0.119. The highest BCUT2D eigenvalue weighted by molar-refractivity contribution is 6.01. The van der Waals surface area contributed by atoms with Crippen molar-refractivity contribution in [2.24, 2.45) is 5.10 Å². The number of rotatable bonds is 9.